The summed E-state index contributed by atoms with van der Waals surface area (Å²) in [4.78, 5) is 29.3. The zero-order valence-corrected chi connectivity index (χ0v) is 13.7. The van der Waals surface area contributed by atoms with Gasteiger partial charge in [0.15, 0.2) is 5.82 Å². The Morgan fingerprint density at radius 3 is 2.61 bits per heavy atom. The van der Waals surface area contributed by atoms with Crippen molar-refractivity contribution >= 4 is 11.9 Å². The van der Waals surface area contributed by atoms with Crippen LogP contribution in [0.15, 0.2) is 0 Å². The van der Waals surface area contributed by atoms with Gasteiger partial charge >= 0.3 is 5.97 Å². The second-order valence-electron chi connectivity index (χ2n) is 7.03. The third-order valence-electron chi connectivity index (χ3n) is 4.89. The van der Waals surface area contributed by atoms with Crippen LogP contribution in [0, 0.1) is 11.8 Å². The van der Waals surface area contributed by atoms with E-state index in [1.807, 2.05) is 4.90 Å². The monoisotopic (exact) mass is 320 g/mol. The molecule has 1 saturated carbocycles. The van der Waals surface area contributed by atoms with E-state index in [0.717, 1.165) is 11.6 Å². The van der Waals surface area contributed by atoms with Crippen molar-refractivity contribution in [3.05, 3.63) is 11.6 Å². The minimum Gasteiger partial charge on any atom is -0.481 e. The second kappa shape index (κ2) is 6.29. The van der Waals surface area contributed by atoms with Crippen LogP contribution in [0.2, 0.25) is 0 Å². The van der Waals surface area contributed by atoms with Gasteiger partial charge in [0.2, 0.25) is 5.91 Å². The first-order chi connectivity index (χ1) is 11.0. The van der Waals surface area contributed by atoms with E-state index in [1.54, 1.807) is 0 Å². The van der Waals surface area contributed by atoms with Crippen molar-refractivity contribution in [3.8, 4) is 0 Å². The number of carbonyl (C=O) groups is 2. The number of carbonyl (C=O) groups excluding carboxylic acids is 1. The van der Waals surface area contributed by atoms with E-state index in [0.29, 0.717) is 24.9 Å². The van der Waals surface area contributed by atoms with Gasteiger partial charge in [0.1, 0.15) is 5.82 Å². The Labute approximate surface area is 135 Å². The molecule has 0 unspecified atom stereocenters. The maximum Gasteiger partial charge on any atom is 0.303 e. The average Bonchev–Trinajstić information content (AvgIpc) is 3.06. The highest BCUT2D eigenvalue weighted by molar-refractivity contribution is 5.81. The van der Waals surface area contributed by atoms with E-state index in [2.05, 4.69) is 29.0 Å². The molecule has 2 fully saturated rings. The molecule has 0 radical (unpaired) electrons. The average molecular weight is 320 g/mol. The molecule has 1 amide bonds. The first-order valence-corrected chi connectivity index (χ1v) is 8.37. The fourth-order valence-electron chi connectivity index (χ4n) is 3.41. The van der Waals surface area contributed by atoms with Crippen LogP contribution in [0.1, 0.15) is 63.0 Å². The molecule has 1 aromatic heterocycles. The smallest absolute Gasteiger partial charge is 0.303 e. The molecule has 2 aliphatic rings. The molecule has 2 heterocycles. The van der Waals surface area contributed by atoms with Gasteiger partial charge in [0.05, 0.1) is 6.42 Å². The van der Waals surface area contributed by atoms with Gasteiger partial charge in [0, 0.05) is 31.3 Å². The van der Waals surface area contributed by atoms with Crippen LogP contribution < -0.4 is 0 Å². The maximum atomic E-state index is 12.2. The van der Waals surface area contributed by atoms with Crippen LogP contribution >= 0.6 is 0 Å². The molecule has 0 spiro atoms. The van der Waals surface area contributed by atoms with Gasteiger partial charge in [-0.05, 0) is 24.7 Å². The Hall–Kier alpha value is -1.92. The minimum atomic E-state index is -0.926. The summed E-state index contributed by atoms with van der Waals surface area (Å²) >= 11 is 0. The number of rotatable bonds is 6. The Kier molecular flexibility index (Phi) is 4.37. The molecule has 7 nitrogen and oxygen atoms in total. The van der Waals surface area contributed by atoms with E-state index in [9.17, 15) is 9.59 Å². The number of H-pyrrole nitrogens is 1. The Morgan fingerprint density at radius 2 is 2.04 bits per heavy atom. The van der Waals surface area contributed by atoms with E-state index >= 15 is 0 Å². The first-order valence-electron chi connectivity index (χ1n) is 8.37. The zero-order chi connectivity index (χ0) is 16.6. The summed E-state index contributed by atoms with van der Waals surface area (Å²) in [6.07, 6.45) is 2.40. The number of aromatic nitrogens is 3. The van der Waals surface area contributed by atoms with E-state index in [-0.39, 0.29) is 30.6 Å². The lowest BCUT2D eigenvalue weighted by Gasteiger charge is -2.15. The Bertz CT molecular complexity index is 594. The van der Waals surface area contributed by atoms with Gasteiger partial charge in [-0.1, -0.05) is 13.8 Å². The van der Waals surface area contributed by atoms with Crippen molar-refractivity contribution in [2.75, 3.05) is 13.1 Å². The number of aliphatic carboxylic acids is 1. The number of amides is 1. The van der Waals surface area contributed by atoms with Gasteiger partial charge in [0.25, 0.3) is 0 Å². The molecule has 1 saturated heterocycles. The number of carboxylic acids is 1. The number of carboxylic acid groups (broad SMARTS) is 1. The van der Waals surface area contributed by atoms with E-state index in [4.69, 9.17) is 5.11 Å². The van der Waals surface area contributed by atoms with E-state index in [1.165, 1.54) is 12.8 Å². The highest BCUT2D eigenvalue weighted by Crippen LogP contribution is 2.47. The number of hydrogen-bond acceptors (Lipinski definition) is 4. The standard InChI is InChI=1S/C16H24N4O3/c1-9(2)15-17-16(19-18-15)12-8-20(7-11(12)10-3-4-10)13(21)5-6-14(22)23/h9-12H,3-8H2,1-2H3,(H,22,23)(H,17,18,19)/t11-,12+/m1/s1. The highest BCUT2D eigenvalue weighted by atomic mass is 16.4. The summed E-state index contributed by atoms with van der Waals surface area (Å²) in [5.41, 5.74) is 0. The van der Waals surface area contributed by atoms with Crippen LogP contribution in [0.3, 0.4) is 0 Å². The summed E-state index contributed by atoms with van der Waals surface area (Å²) < 4.78 is 0. The fraction of sp³-hybridized carbons (Fsp3) is 0.750. The van der Waals surface area contributed by atoms with Gasteiger partial charge in [-0.3, -0.25) is 14.7 Å². The van der Waals surface area contributed by atoms with Crippen molar-refractivity contribution < 1.29 is 14.7 Å². The van der Waals surface area contributed by atoms with Crippen LogP contribution in [0.25, 0.3) is 0 Å². The molecule has 1 aromatic rings. The number of nitrogens with zero attached hydrogens (tertiary/aromatic N) is 3. The highest BCUT2D eigenvalue weighted by Gasteiger charge is 2.45. The lowest BCUT2D eigenvalue weighted by atomic mass is 9.91. The molecule has 1 aliphatic carbocycles. The minimum absolute atomic E-state index is 0.0656. The van der Waals surface area contributed by atoms with Crippen molar-refractivity contribution in [2.45, 2.75) is 51.4 Å². The third-order valence-corrected chi connectivity index (χ3v) is 4.89. The summed E-state index contributed by atoms with van der Waals surface area (Å²) in [5.74, 6) is 2.23. The van der Waals surface area contributed by atoms with Crippen molar-refractivity contribution in [3.63, 3.8) is 0 Å². The molecule has 2 atom stereocenters. The van der Waals surface area contributed by atoms with Crippen LogP contribution in [0.5, 0.6) is 0 Å². The number of likely N-dealkylation sites (tertiary alicyclic amines) is 1. The molecule has 3 rings (SSSR count). The summed E-state index contributed by atoms with van der Waals surface area (Å²) in [6, 6.07) is 0. The number of aromatic amines is 1. The lowest BCUT2D eigenvalue weighted by Crippen LogP contribution is -2.29. The molecule has 23 heavy (non-hydrogen) atoms. The molecular formula is C16H24N4O3. The SMILES string of the molecule is CC(C)c1n[nH]c([C@H]2CN(C(=O)CCC(=O)O)C[C@@H]2C2CC2)n1. The number of hydrogen-bond donors (Lipinski definition) is 2. The molecular weight excluding hydrogens is 296 g/mol. The first kappa shape index (κ1) is 16.0. The quantitative estimate of drug-likeness (QED) is 0.832. The molecule has 2 N–H and O–H groups in total. The summed E-state index contributed by atoms with van der Waals surface area (Å²) in [7, 11) is 0. The molecule has 0 aromatic carbocycles. The Morgan fingerprint density at radius 1 is 1.30 bits per heavy atom. The van der Waals surface area contributed by atoms with Crippen LogP contribution in [-0.4, -0.2) is 50.2 Å². The fourth-order valence-corrected chi connectivity index (χ4v) is 3.41. The van der Waals surface area contributed by atoms with Gasteiger partial charge < -0.3 is 10.0 Å². The van der Waals surface area contributed by atoms with Crippen molar-refractivity contribution in [1.29, 1.82) is 0 Å². The van der Waals surface area contributed by atoms with Crippen molar-refractivity contribution in [2.24, 2.45) is 11.8 Å². The molecule has 7 heteroatoms. The maximum absolute atomic E-state index is 12.2. The van der Waals surface area contributed by atoms with Gasteiger partial charge in [-0.15, -0.1) is 0 Å². The molecule has 1 aliphatic heterocycles. The van der Waals surface area contributed by atoms with Crippen LogP contribution in [0.4, 0.5) is 0 Å². The van der Waals surface area contributed by atoms with Gasteiger partial charge in [-0.2, -0.15) is 5.10 Å². The summed E-state index contributed by atoms with van der Waals surface area (Å²) in [5, 5.41) is 16.1. The van der Waals surface area contributed by atoms with E-state index < -0.39 is 5.97 Å². The normalized spacial score (nSPS) is 24.4. The predicted molar refractivity (Wildman–Crippen MR) is 82.9 cm³/mol. The molecule has 0 bridgehead atoms. The van der Waals surface area contributed by atoms with Crippen molar-refractivity contribution in [1.82, 2.24) is 20.1 Å². The zero-order valence-electron chi connectivity index (χ0n) is 13.7. The largest absolute Gasteiger partial charge is 0.481 e. The van der Waals surface area contributed by atoms with Crippen LogP contribution in [-0.2, 0) is 9.59 Å². The predicted octanol–water partition coefficient (Wildman–Crippen LogP) is 1.74. The second-order valence-corrected chi connectivity index (χ2v) is 7.03. The third kappa shape index (κ3) is 3.54. The Balaban J connectivity index is 1.71. The summed E-state index contributed by atoms with van der Waals surface area (Å²) in [6.45, 7) is 5.45. The number of nitrogens with one attached hydrogen (secondary N) is 1. The topological polar surface area (TPSA) is 99.2 Å². The lowest BCUT2D eigenvalue weighted by molar-refractivity contribution is -0.140. The molecule has 126 valence electrons. The van der Waals surface area contributed by atoms with Gasteiger partial charge in [-0.25, -0.2) is 4.98 Å².